The quantitative estimate of drug-likeness (QED) is 0.277. The maximum absolute atomic E-state index is 12.5. The minimum atomic E-state index is -0.501. The number of para-hydroxylation sites is 1. The molecule has 4 rings (SSSR count). The summed E-state index contributed by atoms with van der Waals surface area (Å²) in [5.74, 6) is 0.606. The molecule has 2 aromatic carbocycles. The molecular weight excluding hydrogens is 388 g/mol. The Labute approximate surface area is 169 Å². The molecule has 0 unspecified atom stereocenters. The van der Waals surface area contributed by atoms with Crippen LogP contribution in [0.5, 0.6) is 5.75 Å². The lowest BCUT2D eigenvalue weighted by Crippen LogP contribution is -2.17. The third kappa shape index (κ3) is 3.78. The summed E-state index contributed by atoms with van der Waals surface area (Å²) in [5.41, 5.74) is 1.72. The molecule has 10 nitrogen and oxygen atoms in total. The van der Waals surface area contributed by atoms with E-state index >= 15 is 0 Å². The number of hydrogen-bond acceptors (Lipinski definition) is 7. The van der Waals surface area contributed by atoms with Gasteiger partial charge in [-0.15, -0.1) is 0 Å². The van der Waals surface area contributed by atoms with Gasteiger partial charge < -0.3 is 4.74 Å². The van der Waals surface area contributed by atoms with Crippen molar-refractivity contribution in [3.8, 4) is 5.75 Å². The first-order valence-electron chi connectivity index (χ1n) is 8.89. The number of nitro groups is 1. The van der Waals surface area contributed by atoms with Gasteiger partial charge in [0.25, 0.3) is 5.56 Å². The van der Waals surface area contributed by atoms with Crippen molar-refractivity contribution in [1.82, 2.24) is 19.4 Å². The van der Waals surface area contributed by atoms with Gasteiger partial charge in [0.05, 0.1) is 35.7 Å². The second-order valence-electron chi connectivity index (χ2n) is 6.38. The molecule has 0 saturated heterocycles. The largest absolute Gasteiger partial charge is 0.496 e. The van der Waals surface area contributed by atoms with Gasteiger partial charge >= 0.3 is 5.69 Å². The summed E-state index contributed by atoms with van der Waals surface area (Å²) < 4.78 is 7.99. The van der Waals surface area contributed by atoms with Crippen LogP contribution in [-0.2, 0) is 6.54 Å². The lowest BCUT2D eigenvalue weighted by atomic mass is 10.1. The van der Waals surface area contributed by atoms with Crippen molar-refractivity contribution in [3.05, 3.63) is 92.8 Å². The lowest BCUT2D eigenvalue weighted by Gasteiger charge is -2.09. The molecular formula is C20H16N6O4. The normalized spacial score (nSPS) is 11.2. The Balaban J connectivity index is 1.63. The maximum Gasteiger partial charge on any atom is 0.307 e. The molecule has 0 atom stereocenters. The number of benzene rings is 2. The molecule has 4 aromatic rings. The standard InChI is InChI=1S/C20H16N6O4/c1-30-19-7-6-14(8-15(19)11-24-12-16(10-22-24)26(28)29)9-23-25-13-21-18-5-3-2-4-17(18)20(25)27/h2-10,12-13H,11H2,1H3. The molecule has 0 aliphatic heterocycles. The van der Waals surface area contributed by atoms with Crippen LogP contribution in [0.3, 0.4) is 0 Å². The van der Waals surface area contributed by atoms with Gasteiger partial charge in [0, 0.05) is 5.56 Å². The summed E-state index contributed by atoms with van der Waals surface area (Å²) >= 11 is 0. The predicted octanol–water partition coefficient (Wildman–Crippen LogP) is 2.44. The maximum atomic E-state index is 12.5. The van der Waals surface area contributed by atoms with E-state index < -0.39 is 4.92 Å². The molecule has 0 radical (unpaired) electrons. The number of fused-ring (bicyclic) bond motifs is 1. The SMILES string of the molecule is COc1ccc(C=Nn2cnc3ccccc3c2=O)cc1Cn1cc([N+](=O)[O-])cn1. The Kier molecular flexibility index (Phi) is 5.04. The predicted molar refractivity (Wildman–Crippen MR) is 110 cm³/mol. The fourth-order valence-electron chi connectivity index (χ4n) is 2.98. The van der Waals surface area contributed by atoms with Crippen LogP contribution in [0.4, 0.5) is 5.69 Å². The highest BCUT2D eigenvalue weighted by Gasteiger charge is 2.11. The molecule has 0 spiro atoms. The first kappa shape index (κ1) is 19.0. The summed E-state index contributed by atoms with van der Waals surface area (Å²) in [4.78, 5) is 27.1. The van der Waals surface area contributed by atoms with Crippen molar-refractivity contribution >= 4 is 22.8 Å². The summed E-state index contributed by atoms with van der Waals surface area (Å²) in [6, 6.07) is 12.4. The van der Waals surface area contributed by atoms with Crippen LogP contribution in [0, 0.1) is 10.1 Å². The first-order chi connectivity index (χ1) is 14.5. The summed E-state index contributed by atoms with van der Waals surface area (Å²) in [5, 5.41) is 19.6. The molecule has 10 heteroatoms. The van der Waals surface area contributed by atoms with E-state index in [9.17, 15) is 14.9 Å². The van der Waals surface area contributed by atoms with Crippen molar-refractivity contribution < 1.29 is 9.66 Å². The Bertz CT molecular complexity index is 1320. The second-order valence-corrected chi connectivity index (χ2v) is 6.38. The molecule has 150 valence electrons. The number of aromatic nitrogens is 4. The monoisotopic (exact) mass is 404 g/mol. The van der Waals surface area contributed by atoms with Crippen molar-refractivity contribution in [2.24, 2.45) is 5.10 Å². The van der Waals surface area contributed by atoms with Crippen molar-refractivity contribution in [2.75, 3.05) is 7.11 Å². The highest BCUT2D eigenvalue weighted by Crippen LogP contribution is 2.21. The fourth-order valence-corrected chi connectivity index (χ4v) is 2.98. The van der Waals surface area contributed by atoms with Crippen LogP contribution in [-0.4, -0.2) is 37.7 Å². The fraction of sp³-hybridized carbons (Fsp3) is 0.100. The molecule has 30 heavy (non-hydrogen) atoms. The van der Waals surface area contributed by atoms with E-state index in [1.807, 2.05) is 12.1 Å². The van der Waals surface area contributed by atoms with E-state index in [1.54, 1.807) is 37.4 Å². The van der Waals surface area contributed by atoms with Gasteiger partial charge in [-0.25, -0.2) is 4.98 Å². The third-order valence-electron chi connectivity index (χ3n) is 4.45. The van der Waals surface area contributed by atoms with E-state index in [-0.39, 0.29) is 17.8 Å². The number of hydrogen-bond donors (Lipinski definition) is 0. The zero-order valence-corrected chi connectivity index (χ0v) is 15.9. The zero-order valence-electron chi connectivity index (χ0n) is 15.9. The van der Waals surface area contributed by atoms with E-state index in [0.717, 1.165) is 5.56 Å². The van der Waals surface area contributed by atoms with Gasteiger partial charge in [0.2, 0.25) is 0 Å². The number of methoxy groups -OCH3 is 1. The Hall–Kier alpha value is -4.34. The van der Waals surface area contributed by atoms with E-state index in [4.69, 9.17) is 4.74 Å². The van der Waals surface area contributed by atoms with Crippen molar-refractivity contribution in [1.29, 1.82) is 0 Å². The van der Waals surface area contributed by atoms with Crippen molar-refractivity contribution in [2.45, 2.75) is 6.54 Å². The number of nitrogens with zero attached hydrogens (tertiary/aromatic N) is 6. The summed E-state index contributed by atoms with van der Waals surface area (Å²) in [6.07, 6.45) is 5.44. The van der Waals surface area contributed by atoms with E-state index in [2.05, 4.69) is 15.2 Å². The topological polar surface area (TPSA) is 117 Å². The number of rotatable bonds is 6. The van der Waals surface area contributed by atoms with Crippen LogP contribution in [0.1, 0.15) is 11.1 Å². The smallest absolute Gasteiger partial charge is 0.307 e. The van der Waals surface area contributed by atoms with Crippen LogP contribution < -0.4 is 10.3 Å². The molecule has 0 fully saturated rings. The van der Waals surface area contributed by atoms with Gasteiger partial charge in [-0.3, -0.25) is 19.6 Å². The highest BCUT2D eigenvalue weighted by atomic mass is 16.6. The molecule has 0 amide bonds. The van der Waals surface area contributed by atoms with E-state index in [0.29, 0.717) is 22.2 Å². The molecule has 2 aromatic heterocycles. The van der Waals surface area contributed by atoms with Crippen LogP contribution >= 0.6 is 0 Å². The molecule has 0 bridgehead atoms. The average Bonchev–Trinajstić information content (AvgIpc) is 3.22. The number of ether oxygens (including phenoxy) is 1. The summed E-state index contributed by atoms with van der Waals surface area (Å²) in [6.45, 7) is 0.274. The minimum absolute atomic E-state index is 0.0881. The summed E-state index contributed by atoms with van der Waals surface area (Å²) in [7, 11) is 1.54. The van der Waals surface area contributed by atoms with Crippen LogP contribution in [0.25, 0.3) is 10.9 Å². The zero-order chi connectivity index (χ0) is 21.1. The lowest BCUT2D eigenvalue weighted by molar-refractivity contribution is -0.385. The van der Waals surface area contributed by atoms with Gasteiger partial charge in [-0.1, -0.05) is 12.1 Å². The van der Waals surface area contributed by atoms with Gasteiger partial charge in [-0.2, -0.15) is 14.9 Å². The first-order valence-corrected chi connectivity index (χ1v) is 8.89. The molecule has 0 aliphatic carbocycles. The van der Waals surface area contributed by atoms with Gasteiger partial charge in [0.1, 0.15) is 24.5 Å². The second kappa shape index (κ2) is 7.95. The van der Waals surface area contributed by atoms with Gasteiger partial charge in [0.15, 0.2) is 0 Å². The van der Waals surface area contributed by atoms with Crippen LogP contribution in [0.2, 0.25) is 0 Å². The third-order valence-corrected chi connectivity index (χ3v) is 4.45. The Morgan fingerprint density at radius 3 is 2.87 bits per heavy atom. The Morgan fingerprint density at radius 2 is 2.10 bits per heavy atom. The minimum Gasteiger partial charge on any atom is -0.496 e. The van der Waals surface area contributed by atoms with Crippen molar-refractivity contribution in [3.63, 3.8) is 0 Å². The van der Waals surface area contributed by atoms with Crippen LogP contribution in [0.15, 0.2) is 71.1 Å². The van der Waals surface area contributed by atoms with Gasteiger partial charge in [-0.05, 0) is 35.9 Å². The highest BCUT2D eigenvalue weighted by molar-refractivity contribution is 5.81. The van der Waals surface area contributed by atoms with E-state index in [1.165, 1.54) is 34.3 Å². The molecule has 0 N–H and O–H groups in total. The molecule has 2 heterocycles. The Morgan fingerprint density at radius 1 is 1.27 bits per heavy atom. The average molecular weight is 404 g/mol. The molecule has 0 aliphatic rings. The molecule has 0 saturated carbocycles.